The smallest absolute Gasteiger partial charge is 0.180 e. The Balaban J connectivity index is 1.53. The summed E-state index contributed by atoms with van der Waals surface area (Å²) in [4.78, 5) is 21.8. The molecular formula is C26H26N4O2. The average Bonchev–Trinajstić information content (AvgIpc) is 3.54. The summed E-state index contributed by atoms with van der Waals surface area (Å²) in [5.74, 6) is 1.49. The van der Waals surface area contributed by atoms with Gasteiger partial charge in [-0.15, -0.1) is 0 Å². The van der Waals surface area contributed by atoms with Crippen LogP contribution in [0.5, 0.6) is 0 Å². The number of hydrogen-bond donors (Lipinski definition) is 2. The standard InChI is InChI=1S/C26H26N4O2/c31-14-4-13-27-25-26-28-16-23(30(26)17-22(29-25)19-5-2-1-3-6-19)20-9-11-21(12-10-20)24(32)15-18-7-8-18/h1-3,5-6,9-12,16-18,31H,4,7-8,13-15H2,(H,27,29). The van der Waals surface area contributed by atoms with E-state index in [-0.39, 0.29) is 12.4 Å². The summed E-state index contributed by atoms with van der Waals surface area (Å²) < 4.78 is 2.04. The molecule has 0 radical (unpaired) electrons. The SMILES string of the molecule is O=C(CC1CC1)c1ccc(-c2cnc3c(NCCCO)nc(-c4ccccc4)cn23)cc1. The van der Waals surface area contributed by atoms with E-state index in [0.29, 0.717) is 31.1 Å². The van der Waals surface area contributed by atoms with Crippen LogP contribution in [-0.2, 0) is 0 Å². The maximum Gasteiger partial charge on any atom is 0.180 e. The average molecular weight is 427 g/mol. The van der Waals surface area contributed by atoms with Gasteiger partial charge in [0.1, 0.15) is 0 Å². The number of rotatable bonds is 9. The third-order valence-corrected chi connectivity index (χ3v) is 5.86. The Morgan fingerprint density at radius 3 is 2.56 bits per heavy atom. The number of hydrogen-bond acceptors (Lipinski definition) is 5. The van der Waals surface area contributed by atoms with E-state index in [4.69, 9.17) is 10.1 Å². The van der Waals surface area contributed by atoms with Crippen molar-refractivity contribution < 1.29 is 9.90 Å². The van der Waals surface area contributed by atoms with Crippen LogP contribution in [0, 0.1) is 5.92 Å². The fraction of sp³-hybridized carbons (Fsp3) is 0.269. The van der Waals surface area contributed by atoms with Crippen LogP contribution in [-0.4, -0.2) is 38.4 Å². The Bertz CT molecular complexity index is 1230. The third kappa shape index (κ3) is 4.27. The number of imidazole rings is 1. The molecule has 2 aromatic heterocycles. The summed E-state index contributed by atoms with van der Waals surface area (Å²) in [5, 5.41) is 12.5. The molecule has 162 valence electrons. The lowest BCUT2D eigenvalue weighted by molar-refractivity contribution is 0.0976. The number of fused-ring (bicyclic) bond motifs is 1. The van der Waals surface area contributed by atoms with Gasteiger partial charge in [-0.2, -0.15) is 0 Å². The van der Waals surface area contributed by atoms with Crippen LogP contribution in [0.15, 0.2) is 67.0 Å². The van der Waals surface area contributed by atoms with Crippen molar-refractivity contribution in [2.24, 2.45) is 5.92 Å². The number of aromatic nitrogens is 3. The van der Waals surface area contributed by atoms with Gasteiger partial charge in [-0.05, 0) is 25.2 Å². The van der Waals surface area contributed by atoms with Crippen LogP contribution >= 0.6 is 0 Å². The van der Waals surface area contributed by atoms with Gasteiger partial charge in [-0.25, -0.2) is 9.97 Å². The van der Waals surface area contributed by atoms with E-state index in [0.717, 1.165) is 33.7 Å². The van der Waals surface area contributed by atoms with Gasteiger partial charge in [0.2, 0.25) is 0 Å². The minimum atomic E-state index is 0.118. The minimum Gasteiger partial charge on any atom is -0.396 e. The maximum atomic E-state index is 12.4. The highest BCUT2D eigenvalue weighted by molar-refractivity contribution is 5.96. The molecule has 0 spiro atoms. The molecule has 6 nitrogen and oxygen atoms in total. The summed E-state index contributed by atoms with van der Waals surface area (Å²) in [5.41, 5.74) is 5.28. The maximum absolute atomic E-state index is 12.4. The molecule has 32 heavy (non-hydrogen) atoms. The highest BCUT2D eigenvalue weighted by Crippen LogP contribution is 2.34. The Morgan fingerprint density at radius 1 is 1.06 bits per heavy atom. The predicted octanol–water partition coefficient (Wildman–Crippen LogP) is 4.84. The Labute approximate surface area is 187 Å². The molecule has 2 aromatic carbocycles. The molecular weight excluding hydrogens is 400 g/mol. The van der Waals surface area contributed by atoms with Crippen LogP contribution in [0.25, 0.3) is 28.2 Å². The van der Waals surface area contributed by atoms with Gasteiger partial charge in [0.05, 0.1) is 17.6 Å². The number of nitrogens with one attached hydrogen (secondary N) is 1. The summed E-state index contributed by atoms with van der Waals surface area (Å²) in [6.07, 6.45) is 7.48. The van der Waals surface area contributed by atoms with E-state index in [9.17, 15) is 4.79 Å². The largest absolute Gasteiger partial charge is 0.396 e. The first-order valence-corrected chi connectivity index (χ1v) is 11.1. The third-order valence-electron chi connectivity index (χ3n) is 5.86. The highest BCUT2D eigenvalue weighted by Gasteiger charge is 2.25. The fourth-order valence-corrected chi connectivity index (χ4v) is 3.88. The van der Waals surface area contributed by atoms with Gasteiger partial charge < -0.3 is 10.4 Å². The van der Waals surface area contributed by atoms with E-state index in [1.807, 2.05) is 71.4 Å². The molecule has 5 rings (SSSR count). The number of carbonyl (C=O) groups is 1. The van der Waals surface area contributed by atoms with E-state index >= 15 is 0 Å². The summed E-state index contributed by atoms with van der Waals surface area (Å²) >= 11 is 0. The number of carbonyl (C=O) groups excluding carboxylic acids is 1. The van der Waals surface area contributed by atoms with Gasteiger partial charge in [0, 0.05) is 42.5 Å². The zero-order valence-electron chi connectivity index (χ0n) is 17.9. The molecule has 1 aliphatic rings. The minimum absolute atomic E-state index is 0.118. The van der Waals surface area contributed by atoms with Gasteiger partial charge in [0.25, 0.3) is 0 Å². The molecule has 6 heteroatoms. The normalized spacial score (nSPS) is 13.4. The Hall–Kier alpha value is -3.51. The first kappa shape index (κ1) is 20.4. The zero-order chi connectivity index (χ0) is 21.9. The molecule has 2 heterocycles. The number of aliphatic hydroxyl groups is 1. The van der Waals surface area contributed by atoms with Crippen molar-refractivity contribution in [1.29, 1.82) is 0 Å². The first-order valence-electron chi connectivity index (χ1n) is 11.1. The van der Waals surface area contributed by atoms with Crippen molar-refractivity contribution in [3.63, 3.8) is 0 Å². The van der Waals surface area contributed by atoms with Gasteiger partial charge in [0.15, 0.2) is 17.2 Å². The number of aliphatic hydroxyl groups excluding tert-OH is 1. The van der Waals surface area contributed by atoms with E-state index in [1.165, 1.54) is 12.8 Å². The predicted molar refractivity (Wildman–Crippen MR) is 126 cm³/mol. The van der Waals surface area contributed by atoms with Crippen molar-refractivity contribution in [2.75, 3.05) is 18.5 Å². The number of Topliss-reactive ketones (excluding diaryl/α,β-unsaturated/α-hetero) is 1. The lowest BCUT2D eigenvalue weighted by Gasteiger charge is -2.11. The Morgan fingerprint density at radius 2 is 1.84 bits per heavy atom. The van der Waals surface area contributed by atoms with Crippen molar-refractivity contribution in [3.8, 4) is 22.5 Å². The zero-order valence-corrected chi connectivity index (χ0v) is 17.9. The lowest BCUT2D eigenvalue weighted by atomic mass is 10.0. The molecule has 0 aliphatic heterocycles. The number of anilines is 1. The second kappa shape index (κ2) is 8.93. The molecule has 1 fully saturated rings. The molecule has 0 unspecified atom stereocenters. The highest BCUT2D eigenvalue weighted by atomic mass is 16.3. The van der Waals surface area contributed by atoms with Crippen molar-refractivity contribution in [3.05, 3.63) is 72.6 Å². The quantitative estimate of drug-likeness (QED) is 0.296. The fourth-order valence-electron chi connectivity index (χ4n) is 3.88. The molecule has 0 saturated heterocycles. The van der Waals surface area contributed by atoms with Crippen LogP contribution in [0.1, 0.15) is 36.0 Å². The molecule has 1 aliphatic carbocycles. The summed E-state index contributed by atoms with van der Waals surface area (Å²) in [6.45, 7) is 0.727. The molecule has 0 amide bonds. The molecule has 2 N–H and O–H groups in total. The number of benzene rings is 2. The summed E-state index contributed by atoms with van der Waals surface area (Å²) in [6, 6.07) is 17.8. The van der Waals surface area contributed by atoms with Gasteiger partial charge >= 0.3 is 0 Å². The Kier molecular flexibility index (Phi) is 5.69. The van der Waals surface area contributed by atoms with E-state index in [2.05, 4.69) is 10.3 Å². The molecule has 0 bridgehead atoms. The van der Waals surface area contributed by atoms with Gasteiger partial charge in [-0.3, -0.25) is 9.20 Å². The number of ketones is 1. The van der Waals surface area contributed by atoms with Crippen LogP contribution in [0.4, 0.5) is 5.82 Å². The monoisotopic (exact) mass is 426 g/mol. The lowest BCUT2D eigenvalue weighted by Crippen LogP contribution is -2.08. The van der Waals surface area contributed by atoms with E-state index in [1.54, 1.807) is 0 Å². The molecule has 0 atom stereocenters. The van der Waals surface area contributed by atoms with E-state index < -0.39 is 0 Å². The van der Waals surface area contributed by atoms with Crippen molar-refractivity contribution in [1.82, 2.24) is 14.4 Å². The first-order chi connectivity index (χ1) is 15.7. The second-order valence-corrected chi connectivity index (χ2v) is 8.33. The van der Waals surface area contributed by atoms with Crippen molar-refractivity contribution >= 4 is 17.2 Å². The van der Waals surface area contributed by atoms with Crippen molar-refractivity contribution in [2.45, 2.75) is 25.7 Å². The summed E-state index contributed by atoms with van der Waals surface area (Å²) in [7, 11) is 0. The second-order valence-electron chi connectivity index (χ2n) is 8.33. The van der Waals surface area contributed by atoms with Gasteiger partial charge in [-0.1, -0.05) is 54.6 Å². The van der Waals surface area contributed by atoms with Crippen LogP contribution in [0.3, 0.4) is 0 Å². The topological polar surface area (TPSA) is 79.5 Å². The molecule has 4 aromatic rings. The molecule has 1 saturated carbocycles. The number of nitrogens with zero attached hydrogens (tertiary/aromatic N) is 3. The van der Waals surface area contributed by atoms with Crippen LogP contribution in [0.2, 0.25) is 0 Å². The van der Waals surface area contributed by atoms with Crippen LogP contribution < -0.4 is 5.32 Å².